The van der Waals surface area contributed by atoms with E-state index in [1.54, 1.807) is 0 Å². The summed E-state index contributed by atoms with van der Waals surface area (Å²) in [7, 11) is 2.45. The fraction of sp³-hybridized carbons (Fsp3) is 0.947. The third-order valence-corrected chi connectivity index (χ3v) is 4.14. The number of carbonyl (C=O) groups is 1. The number of hydrogen-bond donors (Lipinski definition) is 0. The number of nitrogens with zero attached hydrogens (tertiary/aromatic N) is 1. The third kappa shape index (κ3) is 17.5. The topological polar surface area (TPSA) is 40.1 Å². The third-order valence-electron chi connectivity index (χ3n) is 4.14. The van der Waals surface area contributed by atoms with Gasteiger partial charge in [-0.2, -0.15) is 0 Å². The number of rotatable bonds is 13. The quantitative estimate of drug-likeness (QED) is 0.378. The van der Waals surface area contributed by atoms with Gasteiger partial charge >= 0.3 is 0 Å². The van der Waals surface area contributed by atoms with E-state index in [0.717, 1.165) is 19.3 Å². The normalized spacial score (nSPS) is 11.0. The second kappa shape index (κ2) is 16.8. The maximum atomic E-state index is 9.76. The average molecular weight is 316 g/mol. The first-order chi connectivity index (χ1) is 10.5. The summed E-state index contributed by atoms with van der Waals surface area (Å²) < 4.78 is 1.32. The molecular weight excluding hydrogens is 274 g/mol. The van der Waals surface area contributed by atoms with Crippen molar-refractivity contribution in [3.63, 3.8) is 0 Å². The molecular formula is C19H41NO2. The molecule has 3 nitrogen and oxygen atoms in total. The molecule has 0 N–H and O–H groups in total. The van der Waals surface area contributed by atoms with Gasteiger partial charge in [0.15, 0.2) is 0 Å². The van der Waals surface area contributed by atoms with Crippen molar-refractivity contribution in [1.29, 1.82) is 0 Å². The van der Waals surface area contributed by atoms with Gasteiger partial charge in [-0.15, -0.1) is 0 Å². The van der Waals surface area contributed by atoms with E-state index >= 15 is 0 Å². The maximum absolute atomic E-state index is 9.76. The molecule has 0 aromatic rings. The van der Waals surface area contributed by atoms with Crippen molar-refractivity contribution in [2.24, 2.45) is 0 Å². The molecule has 134 valence electrons. The van der Waals surface area contributed by atoms with Gasteiger partial charge in [0, 0.05) is 5.97 Å². The minimum atomic E-state index is -0.932. The zero-order chi connectivity index (χ0) is 17.3. The van der Waals surface area contributed by atoms with Crippen LogP contribution in [-0.4, -0.2) is 37.1 Å². The maximum Gasteiger partial charge on any atom is 0.0784 e. The monoisotopic (exact) mass is 315 g/mol. The highest BCUT2D eigenvalue weighted by molar-refractivity contribution is 5.63. The van der Waals surface area contributed by atoms with Gasteiger partial charge in [0.1, 0.15) is 0 Å². The van der Waals surface area contributed by atoms with Crippen molar-refractivity contribution in [1.82, 2.24) is 0 Å². The van der Waals surface area contributed by atoms with E-state index in [2.05, 4.69) is 27.8 Å². The molecule has 0 spiro atoms. The second-order valence-corrected chi connectivity index (χ2v) is 6.68. The SMILES string of the molecule is CCCCCC(=O)[O-].CCCC[N+](C)(CCCC)CCCC. The van der Waals surface area contributed by atoms with Crippen molar-refractivity contribution < 1.29 is 14.4 Å². The number of carbonyl (C=O) groups excluding carboxylic acids is 1. The van der Waals surface area contributed by atoms with Crippen molar-refractivity contribution in [3.05, 3.63) is 0 Å². The van der Waals surface area contributed by atoms with E-state index < -0.39 is 5.97 Å². The van der Waals surface area contributed by atoms with Crippen LogP contribution in [0.4, 0.5) is 0 Å². The predicted molar refractivity (Wildman–Crippen MR) is 94.7 cm³/mol. The highest BCUT2D eigenvalue weighted by Crippen LogP contribution is 2.10. The molecule has 0 aliphatic carbocycles. The number of carboxylic acids is 1. The van der Waals surface area contributed by atoms with Gasteiger partial charge in [0.2, 0.25) is 0 Å². The molecule has 0 aliphatic heterocycles. The molecule has 0 aliphatic rings. The van der Waals surface area contributed by atoms with Gasteiger partial charge in [-0.25, -0.2) is 0 Å². The van der Waals surface area contributed by atoms with Gasteiger partial charge < -0.3 is 14.4 Å². The number of unbranched alkanes of at least 4 members (excludes halogenated alkanes) is 5. The lowest BCUT2D eigenvalue weighted by molar-refractivity contribution is -0.910. The van der Waals surface area contributed by atoms with Crippen molar-refractivity contribution in [2.75, 3.05) is 26.7 Å². The fourth-order valence-corrected chi connectivity index (χ4v) is 2.47. The first-order valence-corrected chi connectivity index (χ1v) is 9.49. The molecule has 0 unspecified atom stereocenters. The van der Waals surface area contributed by atoms with Crippen LogP contribution in [0, 0.1) is 0 Å². The van der Waals surface area contributed by atoms with Crippen LogP contribution in [-0.2, 0) is 4.79 Å². The van der Waals surface area contributed by atoms with E-state index in [0.29, 0.717) is 0 Å². The van der Waals surface area contributed by atoms with Crippen molar-refractivity contribution >= 4 is 5.97 Å². The van der Waals surface area contributed by atoms with E-state index in [4.69, 9.17) is 0 Å². The van der Waals surface area contributed by atoms with Crippen molar-refractivity contribution in [2.45, 2.75) is 91.9 Å². The van der Waals surface area contributed by atoms with E-state index in [1.807, 2.05) is 6.92 Å². The summed E-state index contributed by atoms with van der Waals surface area (Å²) in [4.78, 5) is 9.76. The summed E-state index contributed by atoms with van der Waals surface area (Å²) in [6.07, 6.45) is 11.2. The first-order valence-electron chi connectivity index (χ1n) is 9.49. The summed E-state index contributed by atoms with van der Waals surface area (Å²) in [6, 6.07) is 0. The Morgan fingerprint density at radius 2 is 1.09 bits per heavy atom. The molecule has 0 saturated heterocycles. The van der Waals surface area contributed by atoms with Crippen LogP contribution in [0.5, 0.6) is 0 Å². The minimum absolute atomic E-state index is 0.216. The van der Waals surface area contributed by atoms with Crippen LogP contribution in [0.3, 0.4) is 0 Å². The standard InChI is InChI=1S/C13H30N.C6H12O2/c1-5-8-11-14(4,12-9-6-2)13-10-7-3;1-2-3-4-5-6(7)8/h5-13H2,1-4H3;2-5H2,1H3,(H,7,8)/q+1;/p-1. The Balaban J connectivity index is 0. The van der Waals surface area contributed by atoms with Crippen LogP contribution in [0.1, 0.15) is 91.9 Å². The number of carboxylic acid groups (broad SMARTS) is 1. The lowest BCUT2D eigenvalue weighted by atomic mass is 10.2. The minimum Gasteiger partial charge on any atom is -0.550 e. The zero-order valence-electron chi connectivity index (χ0n) is 16.0. The highest BCUT2D eigenvalue weighted by Gasteiger charge is 2.18. The largest absolute Gasteiger partial charge is 0.550 e. The predicted octanol–water partition coefficient (Wildman–Crippen LogP) is 4.15. The summed E-state index contributed by atoms with van der Waals surface area (Å²) in [6.45, 7) is 13.1. The van der Waals surface area contributed by atoms with Crippen LogP contribution >= 0.6 is 0 Å². The van der Waals surface area contributed by atoms with Crippen LogP contribution in [0.2, 0.25) is 0 Å². The Morgan fingerprint density at radius 1 is 0.727 bits per heavy atom. The van der Waals surface area contributed by atoms with E-state index in [1.165, 1.54) is 62.6 Å². The second-order valence-electron chi connectivity index (χ2n) is 6.68. The van der Waals surface area contributed by atoms with Gasteiger partial charge in [0.05, 0.1) is 26.7 Å². The molecule has 3 heteroatoms. The number of hydrogen-bond acceptors (Lipinski definition) is 2. The summed E-state index contributed by atoms with van der Waals surface area (Å²) in [5.41, 5.74) is 0. The smallest absolute Gasteiger partial charge is 0.0784 e. The molecule has 22 heavy (non-hydrogen) atoms. The highest BCUT2D eigenvalue weighted by atomic mass is 16.4. The van der Waals surface area contributed by atoms with Crippen LogP contribution in [0.15, 0.2) is 0 Å². The average Bonchev–Trinajstić information content (AvgIpc) is 2.50. The molecule has 0 rings (SSSR count). The Kier molecular flexibility index (Phi) is 18.1. The summed E-state index contributed by atoms with van der Waals surface area (Å²) >= 11 is 0. The fourth-order valence-electron chi connectivity index (χ4n) is 2.47. The van der Waals surface area contributed by atoms with Gasteiger partial charge in [0.25, 0.3) is 0 Å². The molecule has 0 aromatic carbocycles. The lowest BCUT2D eigenvalue weighted by Gasteiger charge is -2.34. The zero-order valence-corrected chi connectivity index (χ0v) is 16.0. The molecule has 0 saturated carbocycles. The van der Waals surface area contributed by atoms with Crippen LogP contribution in [0.25, 0.3) is 0 Å². The van der Waals surface area contributed by atoms with Crippen LogP contribution < -0.4 is 5.11 Å². The molecule has 0 aromatic heterocycles. The lowest BCUT2D eigenvalue weighted by Crippen LogP contribution is -2.46. The van der Waals surface area contributed by atoms with Gasteiger partial charge in [-0.3, -0.25) is 0 Å². The Morgan fingerprint density at radius 3 is 1.36 bits per heavy atom. The Labute approximate surface area is 139 Å². The molecule has 0 fully saturated rings. The number of aliphatic carboxylic acids is 1. The molecule has 0 bridgehead atoms. The molecule has 0 atom stereocenters. The first kappa shape index (κ1) is 23.7. The van der Waals surface area contributed by atoms with E-state index in [9.17, 15) is 9.90 Å². The number of quaternary nitrogens is 1. The van der Waals surface area contributed by atoms with E-state index in [-0.39, 0.29) is 6.42 Å². The summed E-state index contributed by atoms with van der Waals surface area (Å²) in [5.74, 6) is -0.932. The van der Waals surface area contributed by atoms with Gasteiger partial charge in [-0.1, -0.05) is 59.8 Å². The Hall–Kier alpha value is -0.570. The van der Waals surface area contributed by atoms with Gasteiger partial charge in [-0.05, 0) is 32.1 Å². The molecule has 0 heterocycles. The Bertz CT molecular complexity index is 220. The van der Waals surface area contributed by atoms with Crippen molar-refractivity contribution in [3.8, 4) is 0 Å². The summed E-state index contributed by atoms with van der Waals surface area (Å²) in [5, 5.41) is 9.76. The molecule has 0 radical (unpaired) electrons. The molecule has 0 amide bonds.